The third kappa shape index (κ3) is 3.96. The van der Waals surface area contributed by atoms with E-state index < -0.39 is 54.6 Å². The van der Waals surface area contributed by atoms with E-state index in [1.807, 2.05) is 6.07 Å². The van der Waals surface area contributed by atoms with E-state index in [9.17, 15) is 31.2 Å². The minimum absolute atomic E-state index is 0.00396. The quantitative estimate of drug-likeness (QED) is 0.183. The number of fused-ring (bicyclic) bond motifs is 1. The van der Waals surface area contributed by atoms with Crippen LogP contribution in [0, 0.1) is 0 Å². The van der Waals surface area contributed by atoms with Crippen molar-refractivity contribution in [3.8, 4) is 0 Å². The fourth-order valence-electron chi connectivity index (χ4n) is 3.24. The Labute approximate surface area is 183 Å². The number of carbonyl (C=O) groups excluding carboxylic acids is 2. The molecule has 7 nitrogen and oxygen atoms in total. The predicted molar refractivity (Wildman–Crippen MR) is 105 cm³/mol. The highest BCUT2D eigenvalue weighted by Gasteiger charge is 2.71. The topological polar surface area (TPSA) is 90.0 Å². The van der Waals surface area contributed by atoms with Gasteiger partial charge in [-0.2, -0.15) is 21.6 Å². The number of alkyl halides is 4. The van der Waals surface area contributed by atoms with Gasteiger partial charge in [-0.1, -0.05) is 46.3 Å². The summed E-state index contributed by atoms with van der Waals surface area (Å²) in [5, 5.41) is -0.808. The number of ether oxygens (including phenoxy) is 1. The van der Waals surface area contributed by atoms with Crippen molar-refractivity contribution in [1.82, 2.24) is 4.90 Å². The molecule has 3 rings (SSSR count). The van der Waals surface area contributed by atoms with Gasteiger partial charge in [-0.25, -0.2) is 4.79 Å². The first-order chi connectivity index (χ1) is 13.7. The lowest BCUT2D eigenvalue weighted by atomic mass is 9.92. The number of halogens is 4. The van der Waals surface area contributed by atoms with Gasteiger partial charge in [0.2, 0.25) is 5.91 Å². The lowest BCUT2D eigenvalue weighted by Gasteiger charge is -2.49. The van der Waals surface area contributed by atoms with E-state index in [0.717, 1.165) is 17.3 Å². The van der Waals surface area contributed by atoms with Crippen LogP contribution in [0.1, 0.15) is 19.4 Å². The molecule has 0 N–H and O–H groups in total. The molecule has 2 saturated heterocycles. The summed E-state index contributed by atoms with van der Waals surface area (Å²) in [6.45, 7) is 2.33. The zero-order valence-corrected chi connectivity index (χ0v) is 18.9. The van der Waals surface area contributed by atoms with Crippen molar-refractivity contribution in [2.75, 3.05) is 6.61 Å². The Morgan fingerprint density at radius 3 is 2.43 bits per heavy atom. The fourth-order valence-corrected chi connectivity index (χ4v) is 6.29. The van der Waals surface area contributed by atoms with Gasteiger partial charge in [0.15, 0.2) is 4.32 Å². The summed E-state index contributed by atoms with van der Waals surface area (Å²) in [6, 6.07) is 7.90. The molecule has 0 saturated carbocycles. The molecule has 0 aromatic heterocycles. The molecular weight excluding hydrogens is 515 g/mol. The largest absolute Gasteiger partial charge is 0.523 e. The number of hydrogen-bond acceptors (Lipinski definition) is 7. The second-order valence-corrected chi connectivity index (χ2v) is 12.1. The number of esters is 1. The van der Waals surface area contributed by atoms with Crippen LogP contribution in [0.2, 0.25) is 0 Å². The molecule has 1 aromatic rings. The molecule has 3 atom stereocenters. The minimum atomic E-state index is -5.86. The molecule has 1 amide bonds. The van der Waals surface area contributed by atoms with Gasteiger partial charge in [0, 0.05) is 4.75 Å². The second kappa shape index (κ2) is 7.68. The standard InChI is InChI=1S/C17H17BrF3NO6S2/c1-15(2)11(12(23)27-8-10-6-4-3-5-7-10)22-13(24)16(18,14(22)29-15)9-28-30(25,26)17(19,20)21/h3-7,11,14H,8-9H2,1-2H3/t11-,14+,16+/m0/s1. The van der Waals surface area contributed by atoms with Crippen molar-refractivity contribution < 1.29 is 40.1 Å². The smallest absolute Gasteiger partial charge is 0.459 e. The van der Waals surface area contributed by atoms with Gasteiger partial charge in [-0.3, -0.25) is 8.98 Å². The molecule has 0 aliphatic carbocycles. The zero-order chi connectivity index (χ0) is 22.5. The maximum atomic E-state index is 12.7. The first-order valence-corrected chi connectivity index (χ1v) is 11.6. The Morgan fingerprint density at radius 2 is 1.87 bits per heavy atom. The first kappa shape index (κ1) is 23.4. The molecule has 0 bridgehead atoms. The molecule has 166 valence electrons. The summed E-state index contributed by atoms with van der Waals surface area (Å²) in [6.07, 6.45) is 0. The first-order valence-electron chi connectivity index (χ1n) is 8.56. The Morgan fingerprint density at radius 1 is 1.27 bits per heavy atom. The van der Waals surface area contributed by atoms with Crippen LogP contribution in [0.4, 0.5) is 13.2 Å². The number of hydrogen-bond donors (Lipinski definition) is 0. The molecule has 2 aliphatic rings. The van der Waals surface area contributed by atoms with Crippen LogP contribution in [0.25, 0.3) is 0 Å². The molecule has 0 unspecified atom stereocenters. The summed E-state index contributed by atoms with van der Waals surface area (Å²) in [7, 11) is -5.86. The Kier molecular flexibility index (Phi) is 5.98. The molecule has 2 heterocycles. The van der Waals surface area contributed by atoms with Crippen molar-refractivity contribution >= 4 is 49.7 Å². The molecule has 0 spiro atoms. The van der Waals surface area contributed by atoms with Crippen LogP contribution in [-0.2, 0) is 35.2 Å². The number of carbonyl (C=O) groups is 2. The van der Waals surface area contributed by atoms with E-state index in [4.69, 9.17) is 4.74 Å². The summed E-state index contributed by atoms with van der Waals surface area (Å²) >= 11 is 4.19. The zero-order valence-electron chi connectivity index (χ0n) is 15.7. The number of nitrogens with zero attached hydrogens (tertiary/aromatic N) is 1. The van der Waals surface area contributed by atoms with E-state index in [1.165, 1.54) is 4.90 Å². The summed E-state index contributed by atoms with van der Waals surface area (Å²) < 4.78 is 66.8. The van der Waals surface area contributed by atoms with Gasteiger partial charge in [-0.05, 0) is 19.4 Å². The van der Waals surface area contributed by atoms with Crippen molar-refractivity contribution in [3.05, 3.63) is 35.9 Å². The van der Waals surface area contributed by atoms with Crippen LogP contribution in [0.15, 0.2) is 30.3 Å². The van der Waals surface area contributed by atoms with Gasteiger partial charge in [0.25, 0.3) is 0 Å². The summed E-state index contributed by atoms with van der Waals surface area (Å²) in [5.74, 6) is -1.41. The van der Waals surface area contributed by atoms with Gasteiger partial charge < -0.3 is 9.64 Å². The second-order valence-electron chi connectivity index (χ2n) is 7.31. The van der Waals surface area contributed by atoms with Crippen molar-refractivity contribution in [1.29, 1.82) is 0 Å². The van der Waals surface area contributed by atoms with E-state index in [-0.39, 0.29) is 6.61 Å². The third-order valence-electron chi connectivity index (χ3n) is 4.74. The number of β-lactam (4-membered cyclic amide) rings is 1. The summed E-state index contributed by atoms with van der Waals surface area (Å²) in [5.41, 5.74) is -4.85. The van der Waals surface area contributed by atoms with Crippen molar-refractivity contribution in [2.24, 2.45) is 0 Å². The molecule has 0 radical (unpaired) electrons. The number of thioether (sulfide) groups is 1. The predicted octanol–water partition coefficient (Wildman–Crippen LogP) is 2.79. The van der Waals surface area contributed by atoms with Crippen LogP contribution in [0.3, 0.4) is 0 Å². The number of benzene rings is 1. The fraction of sp³-hybridized carbons (Fsp3) is 0.529. The van der Waals surface area contributed by atoms with Crippen LogP contribution >= 0.6 is 27.7 Å². The minimum Gasteiger partial charge on any atom is -0.459 e. The highest BCUT2D eigenvalue weighted by atomic mass is 79.9. The number of rotatable bonds is 6. The normalized spacial score (nSPS) is 28.1. The van der Waals surface area contributed by atoms with Gasteiger partial charge in [0.1, 0.15) is 18.0 Å². The lowest BCUT2D eigenvalue weighted by Crippen LogP contribution is -2.72. The molecular formula is C17H17BrF3NO6S2. The van der Waals surface area contributed by atoms with Gasteiger partial charge in [0.05, 0.1) is 6.61 Å². The molecule has 30 heavy (non-hydrogen) atoms. The van der Waals surface area contributed by atoms with Crippen molar-refractivity contribution in [2.45, 2.75) is 46.4 Å². The third-order valence-corrected chi connectivity index (χ3v) is 8.72. The average molecular weight is 532 g/mol. The van der Waals surface area contributed by atoms with Crippen LogP contribution < -0.4 is 0 Å². The highest BCUT2D eigenvalue weighted by molar-refractivity contribution is 9.10. The summed E-state index contributed by atoms with van der Waals surface area (Å²) in [4.78, 5) is 26.6. The Balaban J connectivity index is 1.72. The van der Waals surface area contributed by atoms with E-state index in [1.54, 1.807) is 38.1 Å². The van der Waals surface area contributed by atoms with Gasteiger partial charge in [-0.15, -0.1) is 11.8 Å². The average Bonchev–Trinajstić information content (AvgIpc) is 2.93. The SMILES string of the molecule is CC1(C)S[C@H]2N(C(=O)[C@]2(Br)COS(=O)(=O)C(F)(F)F)[C@H]1C(=O)OCc1ccccc1. The van der Waals surface area contributed by atoms with Crippen molar-refractivity contribution in [3.63, 3.8) is 0 Å². The molecule has 2 aliphatic heterocycles. The van der Waals surface area contributed by atoms with Crippen LogP contribution in [-0.4, -0.2) is 57.8 Å². The van der Waals surface area contributed by atoms with E-state index >= 15 is 0 Å². The lowest BCUT2D eigenvalue weighted by molar-refractivity contribution is -0.165. The monoisotopic (exact) mass is 531 g/mol. The highest BCUT2D eigenvalue weighted by Crippen LogP contribution is 2.58. The van der Waals surface area contributed by atoms with E-state index in [2.05, 4.69) is 20.1 Å². The molecule has 13 heteroatoms. The van der Waals surface area contributed by atoms with Gasteiger partial charge >= 0.3 is 21.6 Å². The van der Waals surface area contributed by atoms with Crippen LogP contribution in [0.5, 0.6) is 0 Å². The van der Waals surface area contributed by atoms with E-state index in [0.29, 0.717) is 0 Å². The maximum Gasteiger partial charge on any atom is 0.523 e. The Hall–Kier alpha value is -1.31. The molecule has 1 aromatic carbocycles. The molecule has 2 fully saturated rings. The number of amides is 1. The Bertz CT molecular complexity index is 956. The maximum absolute atomic E-state index is 12.7.